The molecule has 7 heteroatoms. The first-order valence-electron chi connectivity index (χ1n) is 10.3. The molecule has 7 nitrogen and oxygen atoms in total. The highest BCUT2D eigenvalue weighted by Crippen LogP contribution is 2.19. The van der Waals surface area contributed by atoms with Gasteiger partial charge >= 0.3 is 0 Å². The molecular weight excluding hydrogens is 390 g/mol. The number of benzene rings is 2. The first-order chi connectivity index (χ1) is 15.0. The Labute approximate surface area is 181 Å². The molecule has 0 aliphatic rings. The first kappa shape index (κ1) is 20.5. The summed E-state index contributed by atoms with van der Waals surface area (Å²) in [6.07, 6.45) is 0.673. The predicted octanol–water partition coefficient (Wildman–Crippen LogP) is 4.10. The van der Waals surface area contributed by atoms with Gasteiger partial charge in [0.05, 0.1) is 11.4 Å². The molecule has 2 aromatic carbocycles. The van der Waals surface area contributed by atoms with Crippen LogP contribution < -0.4 is 5.32 Å². The molecule has 0 radical (unpaired) electrons. The lowest BCUT2D eigenvalue weighted by Gasteiger charge is -2.07. The third-order valence-electron chi connectivity index (χ3n) is 5.24. The van der Waals surface area contributed by atoms with Crippen LogP contribution in [0.3, 0.4) is 0 Å². The fourth-order valence-corrected chi connectivity index (χ4v) is 3.41. The number of hydrogen-bond donors (Lipinski definition) is 1. The van der Waals surface area contributed by atoms with E-state index in [2.05, 4.69) is 20.6 Å². The molecule has 158 valence electrons. The number of carbonyl (C=O) groups excluding carboxylic acids is 1. The third-order valence-corrected chi connectivity index (χ3v) is 5.24. The molecule has 2 heterocycles. The minimum atomic E-state index is -0.0682. The van der Waals surface area contributed by atoms with Crippen LogP contribution in [0, 0.1) is 20.8 Å². The van der Waals surface area contributed by atoms with Crippen LogP contribution in [-0.4, -0.2) is 25.9 Å². The van der Waals surface area contributed by atoms with E-state index >= 15 is 0 Å². The van der Waals surface area contributed by atoms with Crippen LogP contribution >= 0.6 is 0 Å². The van der Waals surface area contributed by atoms with Crippen LogP contribution in [0.5, 0.6) is 0 Å². The van der Waals surface area contributed by atoms with E-state index in [-0.39, 0.29) is 12.3 Å². The smallest absolute Gasteiger partial charge is 0.247 e. The van der Waals surface area contributed by atoms with Gasteiger partial charge in [-0.3, -0.25) is 4.79 Å². The van der Waals surface area contributed by atoms with Crippen LogP contribution in [0.4, 0.5) is 0 Å². The standard InChI is InChI=1S/C24H25N5O2/c1-16-9-11-19(12-10-16)24-27-26-23(31-24)14-13-22(30)25-15-21-17(2)28-29(18(21)3)20-7-5-4-6-8-20/h4-12H,13-15H2,1-3H3,(H,25,30). The second kappa shape index (κ2) is 8.95. The van der Waals surface area contributed by atoms with E-state index in [4.69, 9.17) is 4.42 Å². The minimum Gasteiger partial charge on any atom is -0.421 e. The van der Waals surface area contributed by atoms with Crippen molar-refractivity contribution in [2.75, 3.05) is 0 Å². The zero-order valence-corrected chi connectivity index (χ0v) is 17.9. The molecule has 0 aliphatic carbocycles. The van der Waals surface area contributed by atoms with E-state index in [0.29, 0.717) is 24.7 Å². The number of nitrogens with zero attached hydrogens (tertiary/aromatic N) is 4. The van der Waals surface area contributed by atoms with Crippen molar-refractivity contribution < 1.29 is 9.21 Å². The van der Waals surface area contributed by atoms with Gasteiger partial charge in [-0.2, -0.15) is 5.10 Å². The van der Waals surface area contributed by atoms with Crippen molar-refractivity contribution in [3.8, 4) is 17.1 Å². The minimum absolute atomic E-state index is 0.0682. The van der Waals surface area contributed by atoms with Crippen LogP contribution in [0.2, 0.25) is 0 Å². The van der Waals surface area contributed by atoms with E-state index in [0.717, 1.165) is 28.2 Å². The van der Waals surface area contributed by atoms with Gasteiger partial charge in [0.2, 0.25) is 17.7 Å². The van der Waals surface area contributed by atoms with Crippen molar-refractivity contribution in [2.45, 2.75) is 40.2 Å². The first-order valence-corrected chi connectivity index (χ1v) is 10.3. The number of rotatable bonds is 7. The summed E-state index contributed by atoms with van der Waals surface area (Å²) in [5.41, 5.74) is 5.98. The molecule has 0 spiro atoms. The Kier molecular flexibility index (Phi) is 5.93. The van der Waals surface area contributed by atoms with Gasteiger partial charge in [0, 0.05) is 36.2 Å². The Morgan fingerprint density at radius 2 is 1.74 bits per heavy atom. The molecule has 4 rings (SSSR count). The van der Waals surface area contributed by atoms with Crippen LogP contribution in [0.25, 0.3) is 17.1 Å². The fraction of sp³-hybridized carbons (Fsp3) is 0.250. The van der Waals surface area contributed by atoms with Crippen molar-refractivity contribution in [1.82, 2.24) is 25.3 Å². The molecule has 0 fully saturated rings. The predicted molar refractivity (Wildman–Crippen MR) is 118 cm³/mol. The van der Waals surface area contributed by atoms with Crippen molar-refractivity contribution in [3.63, 3.8) is 0 Å². The van der Waals surface area contributed by atoms with Crippen LogP contribution in [0.1, 0.15) is 34.8 Å². The van der Waals surface area contributed by atoms with Crippen LogP contribution in [-0.2, 0) is 17.8 Å². The Morgan fingerprint density at radius 1 is 1.00 bits per heavy atom. The maximum absolute atomic E-state index is 12.4. The summed E-state index contributed by atoms with van der Waals surface area (Å²) in [7, 11) is 0. The Morgan fingerprint density at radius 3 is 2.48 bits per heavy atom. The van der Waals surface area contributed by atoms with E-state index in [1.165, 1.54) is 5.56 Å². The lowest BCUT2D eigenvalue weighted by atomic mass is 10.1. The summed E-state index contributed by atoms with van der Waals surface area (Å²) in [5, 5.41) is 15.7. The van der Waals surface area contributed by atoms with Gasteiger partial charge in [-0.05, 0) is 45.0 Å². The molecule has 31 heavy (non-hydrogen) atoms. The van der Waals surface area contributed by atoms with E-state index in [1.54, 1.807) is 0 Å². The highest BCUT2D eigenvalue weighted by atomic mass is 16.4. The number of nitrogens with one attached hydrogen (secondary N) is 1. The summed E-state index contributed by atoms with van der Waals surface area (Å²) >= 11 is 0. The molecule has 0 aliphatic heterocycles. The van der Waals surface area contributed by atoms with Gasteiger partial charge in [0.1, 0.15) is 0 Å². The van der Waals surface area contributed by atoms with Crippen LogP contribution in [0.15, 0.2) is 59.0 Å². The molecular formula is C24H25N5O2. The summed E-state index contributed by atoms with van der Waals surface area (Å²) in [6.45, 7) is 6.43. The molecule has 1 amide bonds. The average Bonchev–Trinajstić information content (AvgIpc) is 3.36. The van der Waals surface area contributed by atoms with E-state index < -0.39 is 0 Å². The largest absolute Gasteiger partial charge is 0.421 e. The quantitative estimate of drug-likeness (QED) is 0.491. The number of hydrogen-bond acceptors (Lipinski definition) is 5. The second-order valence-electron chi connectivity index (χ2n) is 7.54. The Hall–Kier alpha value is -3.74. The van der Waals surface area contributed by atoms with Crippen molar-refractivity contribution in [1.29, 1.82) is 0 Å². The zero-order valence-electron chi connectivity index (χ0n) is 17.9. The van der Waals surface area contributed by atoms with Crippen molar-refractivity contribution in [3.05, 3.63) is 83.0 Å². The number of amides is 1. The summed E-state index contributed by atoms with van der Waals surface area (Å²) in [4.78, 5) is 12.4. The summed E-state index contributed by atoms with van der Waals surface area (Å²) in [6, 6.07) is 17.8. The van der Waals surface area contributed by atoms with E-state index in [9.17, 15) is 4.79 Å². The Bertz CT molecular complexity index is 1180. The molecule has 0 saturated heterocycles. The molecule has 0 atom stereocenters. The summed E-state index contributed by atoms with van der Waals surface area (Å²) in [5.74, 6) is 0.853. The molecule has 0 unspecified atom stereocenters. The van der Waals surface area contributed by atoms with Gasteiger partial charge in [-0.25, -0.2) is 4.68 Å². The van der Waals surface area contributed by atoms with Gasteiger partial charge in [0.25, 0.3) is 0 Å². The highest BCUT2D eigenvalue weighted by Gasteiger charge is 2.15. The third kappa shape index (κ3) is 4.71. The monoisotopic (exact) mass is 415 g/mol. The fourth-order valence-electron chi connectivity index (χ4n) is 3.41. The normalized spacial score (nSPS) is 10.9. The average molecular weight is 415 g/mol. The topological polar surface area (TPSA) is 85.8 Å². The lowest BCUT2D eigenvalue weighted by molar-refractivity contribution is -0.121. The number of aromatic nitrogens is 4. The molecule has 0 bridgehead atoms. The second-order valence-corrected chi connectivity index (χ2v) is 7.54. The number of carbonyl (C=O) groups is 1. The van der Waals surface area contributed by atoms with Gasteiger partial charge in [-0.1, -0.05) is 35.9 Å². The zero-order chi connectivity index (χ0) is 21.8. The number of para-hydroxylation sites is 1. The van der Waals surface area contributed by atoms with E-state index in [1.807, 2.05) is 80.1 Å². The van der Waals surface area contributed by atoms with Gasteiger partial charge in [0.15, 0.2) is 0 Å². The summed E-state index contributed by atoms with van der Waals surface area (Å²) < 4.78 is 7.60. The van der Waals surface area contributed by atoms with Crippen molar-refractivity contribution in [2.24, 2.45) is 0 Å². The lowest BCUT2D eigenvalue weighted by Crippen LogP contribution is -2.23. The molecule has 2 aromatic heterocycles. The molecule has 4 aromatic rings. The van der Waals surface area contributed by atoms with Gasteiger partial charge in [-0.15, -0.1) is 10.2 Å². The maximum atomic E-state index is 12.4. The number of aryl methyl sites for hydroxylation is 3. The molecule has 1 N–H and O–H groups in total. The van der Waals surface area contributed by atoms with Crippen molar-refractivity contribution >= 4 is 5.91 Å². The maximum Gasteiger partial charge on any atom is 0.247 e. The highest BCUT2D eigenvalue weighted by molar-refractivity contribution is 5.76. The van der Waals surface area contributed by atoms with Gasteiger partial charge < -0.3 is 9.73 Å². The SMILES string of the molecule is Cc1ccc(-c2nnc(CCC(=O)NCc3c(C)nn(-c4ccccc4)c3C)o2)cc1. The Balaban J connectivity index is 1.33. The molecule has 0 saturated carbocycles.